The van der Waals surface area contributed by atoms with Gasteiger partial charge in [0.25, 0.3) is 5.91 Å². The topological polar surface area (TPSA) is 88.8 Å². The molecule has 0 radical (unpaired) electrons. The molecule has 7 nitrogen and oxygen atoms in total. The molecule has 7 heteroatoms. The molecule has 1 aliphatic heterocycles. The van der Waals surface area contributed by atoms with Crippen LogP contribution in [0.3, 0.4) is 0 Å². The Bertz CT molecular complexity index is 1450. The van der Waals surface area contributed by atoms with E-state index in [0.29, 0.717) is 48.8 Å². The maximum atomic E-state index is 12.7. The van der Waals surface area contributed by atoms with Crippen LogP contribution in [0.15, 0.2) is 69.4 Å². The number of nitrogens with zero attached hydrogens (tertiary/aromatic N) is 1. The van der Waals surface area contributed by atoms with Crippen LogP contribution >= 0.6 is 0 Å². The molecule has 210 valence electrons. The molecule has 2 heterocycles. The largest absolute Gasteiger partial charge is 0.494 e. The van der Waals surface area contributed by atoms with Crippen molar-refractivity contribution in [2.24, 2.45) is 0 Å². The minimum absolute atomic E-state index is 0.00681. The van der Waals surface area contributed by atoms with E-state index < -0.39 is 5.91 Å². The number of fused-ring (bicyclic) bond motifs is 1. The van der Waals surface area contributed by atoms with Crippen molar-refractivity contribution in [2.75, 3.05) is 19.7 Å². The number of carbonyl (C=O) groups is 2. The molecule has 0 atom stereocenters. The maximum absolute atomic E-state index is 12.7. The van der Waals surface area contributed by atoms with Crippen LogP contribution in [0.5, 0.6) is 5.75 Å². The second kappa shape index (κ2) is 13.0. The van der Waals surface area contributed by atoms with E-state index in [1.807, 2.05) is 4.90 Å². The fraction of sp³-hybridized carbons (Fsp3) is 0.424. The van der Waals surface area contributed by atoms with Gasteiger partial charge in [0.1, 0.15) is 11.3 Å². The van der Waals surface area contributed by atoms with Gasteiger partial charge in [0.05, 0.1) is 12.0 Å². The predicted molar refractivity (Wildman–Crippen MR) is 156 cm³/mol. The first-order valence-electron chi connectivity index (χ1n) is 14.5. The number of benzene rings is 2. The van der Waals surface area contributed by atoms with E-state index in [2.05, 4.69) is 42.6 Å². The smallest absolute Gasteiger partial charge is 0.287 e. The molecule has 5 rings (SSSR count). The number of ether oxygens (including phenoxy) is 1. The van der Waals surface area contributed by atoms with Gasteiger partial charge in [-0.1, -0.05) is 49.3 Å². The molecule has 2 aliphatic rings. The summed E-state index contributed by atoms with van der Waals surface area (Å²) in [7, 11) is 0. The molecular formula is C33H38N2O5. The molecule has 1 N–H and O–H groups in total. The van der Waals surface area contributed by atoms with Crippen molar-refractivity contribution in [3.63, 3.8) is 0 Å². The summed E-state index contributed by atoms with van der Waals surface area (Å²) in [6.45, 7) is 4.64. The van der Waals surface area contributed by atoms with E-state index in [1.54, 1.807) is 18.2 Å². The summed E-state index contributed by atoms with van der Waals surface area (Å²) in [6.07, 6.45) is 9.74. The average Bonchev–Trinajstić information content (AvgIpc) is 3.38. The average molecular weight is 543 g/mol. The Morgan fingerprint density at radius 3 is 2.70 bits per heavy atom. The second-order valence-electron chi connectivity index (χ2n) is 10.8. The van der Waals surface area contributed by atoms with Crippen LogP contribution in [-0.4, -0.2) is 36.4 Å². The van der Waals surface area contributed by atoms with Crippen molar-refractivity contribution in [3.05, 3.63) is 87.3 Å². The highest BCUT2D eigenvalue weighted by molar-refractivity contribution is 5.93. The molecule has 0 unspecified atom stereocenters. The fourth-order valence-corrected chi connectivity index (χ4v) is 5.70. The maximum Gasteiger partial charge on any atom is 0.287 e. The van der Waals surface area contributed by atoms with Crippen LogP contribution < -0.4 is 15.5 Å². The van der Waals surface area contributed by atoms with Crippen molar-refractivity contribution >= 4 is 22.8 Å². The highest BCUT2D eigenvalue weighted by Gasteiger charge is 2.24. The van der Waals surface area contributed by atoms with Crippen LogP contribution in [0.2, 0.25) is 0 Å². The molecule has 2 amide bonds. The van der Waals surface area contributed by atoms with E-state index in [0.717, 1.165) is 51.5 Å². The van der Waals surface area contributed by atoms with Gasteiger partial charge < -0.3 is 19.4 Å². The summed E-state index contributed by atoms with van der Waals surface area (Å²) in [4.78, 5) is 39.5. The van der Waals surface area contributed by atoms with E-state index >= 15 is 0 Å². The molecule has 1 aliphatic carbocycles. The van der Waals surface area contributed by atoms with Gasteiger partial charge in [-0.25, -0.2) is 0 Å². The third-order valence-corrected chi connectivity index (χ3v) is 8.00. The Morgan fingerprint density at radius 2 is 1.93 bits per heavy atom. The Balaban J connectivity index is 1.15. The van der Waals surface area contributed by atoms with Gasteiger partial charge in [0, 0.05) is 32.1 Å². The Morgan fingerprint density at radius 1 is 1.10 bits per heavy atom. The molecule has 40 heavy (non-hydrogen) atoms. The van der Waals surface area contributed by atoms with Crippen LogP contribution in [0.4, 0.5) is 0 Å². The molecule has 0 bridgehead atoms. The summed E-state index contributed by atoms with van der Waals surface area (Å²) >= 11 is 0. The molecular weight excluding hydrogens is 504 g/mol. The zero-order valence-corrected chi connectivity index (χ0v) is 23.2. The lowest BCUT2D eigenvalue weighted by atomic mass is 9.80. The van der Waals surface area contributed by atoms with Crippen molar-refractivity contribution in [1.82, 2.24) is 10.2 Å². The minimum Gasteiger partial charge on any atom is -0.494 e. The van der Waals surface area contributed by atoms with Gasteiger partial charge in [-0.3, -0.25) is 14.4 Å². The predicted octanol–water partition coefficient (Wildman–Crippen LogP) is 6.11. The summed E-state index contributed by atoms with van der Waals surface area (Å²) < 4.78 is 11.4. The monoisotopic (exact) mass is 542 g/mol. The third kappa shape index (κ3) is 6.64. The van der Waals surface area contributed by atoms with Gasteiger partial charge in [-0.15, -0.1) is 0 Å². The van der Waals surface area contributed by atoms with Gasteiger partial charge >= 0.3 is 0 Å². The Hall–Kier alpha value is -3.87. The van der Waals surface area contributed by atoms with Crippen LogP contribution in [0, 0.1) is 0 Å². The first-order valence-corrected chi connectivity index (χ1v) is 14.5. The lowest BCUT2D eigenvalue weighted by Gasteiger charge is -2.27. The molecule has 1 aromatic heterocycles. The van der Waals surface area contributed by atoms with Crippen LogP contribution in [0.25, 0.3) is 11.0 Å². The number of allylic oxidation sites excluding steroid dienone is 1. The fourth-order valence-electron chi connectivity index (χ4n) is 5.70. The zero-order chi connectivity index (χ0) is 27.9. The summed E-state index contributed by atoms with van der Waals surface area (Å²) in [5.41, 5.74) is 4.06. The number of carbonyl (C=O) groups excluding carboxylic acids is 2. The second-order valence-corrected chi connectivity index (χ2v) is 10.8. The van der Waals surface area contributed by atoms with E-state index in [9.17, 15) is 14.4 Å². The van der Waals surface area contributed by atoms with E-state index in [1.165, 1.54) is 22.8 Å². The number of likely N-dealkylation sites (tertiary alicyclic amines) is 1. The molecule has 2 fully saturated rings. The number of rotatable bonds is 10. The number of nitrogens with one attached hydrogen (secondary N) is 1. The Kier molecular flexibility index (Phi) is 8.99. The normalized spacial score (nSPS) is 17.3. The highest BCUT2D eigenvalue weighted by Crippen LogP contribution is 2.37. The van der Waals surface area contributed by atoms with Crippen LogP contribution in [-0.2, 0) is 11.3 Å². The quantitative estimate of drug-likeness (QED) is 0.247. The third-order valence-electron chi connectivity index (χ3n) is 8.00. The number of unbranched alkanes of at least 4 members (excludes halogenated alkanes) is 1. The molecule has 1 saturated carbocycles. The molecule has 1 saturated heterocycles. The van der Waals surface area contributed by atoms with Gasteiger partial charge in [0.15, 0.2) is 11.2 Å². The lowest BCUT2D eigenvalue weighted by Crippen LogP contribution is -2.25. The van der Waals surface area contributed by atoms with Crippen molar-refractivity contribution < 1.29 is 18.7 Å². The lowest BCUT2D eigenvalue weighted by molar-refractivity contribution is -0.128. The number of amides is 2. The van der Waals surface area contributed by atoms with Crippen molar-refractivity contribution in [1.29, 1.82) is 0 Å². The van der Waals surface area contributed by atoms with Crippen molar-refractivity contribution in [2.45, 2.75) is 70.8 Å². The summed E-state index contributed by atoms with van der Waals surface area (Å²) in [6, 6.07) is 14.9. The standard InChI is InChI=1S/C33H38N2O5/c1-2-3-19-39-26-14-15-30-28(20-26)29(36)21-31(40-30)33(38)34-17-16-23-10-12-24(13-11-23)27-8-5-4-7-25(27)22-35-18-6-9-32(35)37/h4-5,7-8,14-16,20-21,24H,2-3,6,9-13,17-19,22H2,1H3,(H,34,38). The first-order chi connectivity index (χ1) is 19.5. The molecule has 2 aromatic carbocycles. The van der Waals surface area contributed by atoms with Gasteiger partial charge in [0.2, 0.25) is 5.91 Å². The first kappa shape index (κ1) is 27.7. The van der Waals surface area contributed by atoms with Crippen LogP contribution in [0.1, 0.15) is 85.9 Å². The number of hydrogen-bond donors (Lipinski definition) is 1. The minimum atomic E-state index is -0.404. The van der Waals surface area contributed by atoms with E-state index in [-0.39, 0.29) is 17.1 Å². The van der Waals surface area contributed by atoms with E-state index in [4.69, 9.17) is 9.15 Å². The number of hydrogen-bond acceptors (Lipinski definition) is 5. The zero-order valence-electron chi connectivity index (χ0n) is 23.2. The Labute approximate surface area is 235 Å². The summed E-state index contributed by atoms with van der Waals surface area (Å²) in [5.74, 6) is 0.961. The van der Waals surface area contributed by atoms with Gasteiger partial charge in [-0.2, -0.15) is 0 Å². The molecule has 3 aromatic rings. The molecule has 0 spiro atoms. The van der Waals surface area contributed by atoms with Crippen molar-refractivity contribution in [3.8, 4) is 5.75 Å². The van der Waals surface area contributed by atoms with Gasteiger partial charge in [-0.05, 0) is 73.8 Å². The highest BCUT2D eigenvalue weighted by atomic mass is 16.5. The SMILES string of the molecule is CCCCOc1ccc2oc(C(=O)NCC=C3CCC(c4ccccc4CN4CCCC4=O)CC3)cc(=O)c2c1. The summed E-state index contributed by atoms with van der Waals surface area (Å²) in [5, 5.41) is 3.27.